The minimum absolute atomic E-state index is 0.276. The molecule has 0 heterocycles. The smallest absolute Gasteiger partial charge is 0.242 e. The second-order valence-corrected chi connectivity index (χ2v) is 6.50. The van der Waals surface area contributed by atoms with Crippen LogP contribution in [0.25, 0.3) is 0 Å². The van der Waals surface area contributed by atoms with Crippen LogP contribution in [-0.2, 0) is 14.8 Å². The van der Waals surface area contributed by atoms with Gasteiger partial charge in [0.15, 0.2) is 11.5 Å². The quantitative estimate of drug-likeness (QED) is 0.766. The molecule has 1 aromatic rings. The number of hydrogen-bond acceptors (Lipinski definition) is 5. The first-order valence-electron chi connectivity index (χ1n) is 6.10. The third-order valence-electron chi connectivity index (χ3n) is 2.83. The van der Waals surface area contributed by atoms with Crippen LogP contribution in [0.5, 0.6) is 11.5 Å². The van der Waals surface area contributed by atoms with E-state index in [1.807, 2.05) is 0 Å². The highest BCUT2D eigenvalue weighted by Gasteiger charge is 2.22. The van der Waals surface area contributed by atoms with E-state index < -0.39 is 10.0 Å². The second-order valence-electron chi connectivity index (χ2n) is 4.60. The number of hydrogen-bond donors (Lipinski definition) is 0. The van der Waals surface area contributed by atoms with E-state index >= 15 is 0 Å². The normalized spacial score (nSPS) is 10.9. The van der Waals surface area contributed by atoms with Crippen LogP contribution >= 0.6 is 0 Å². The number of benzene rings is 1. The Labute approximate surface area is 125 Å². The van der Waals surface area contributed by atoms with Gasteiger partial charge >= 0.3 is 0 Å². The third-order valence-corrected chi connectivity index (χ3v) is 3.97. The summed E-state index contributed by atoms with van der Waals surface area (Å²) in [6.07, 6.45) is 1.05. The summed E-state index contributed by atoms with van der Waals surface area (Å²) in [5.41, 5.74) is 0.338. The Kier molecular flexibility index (Phi) is 5.42. The molecule has 0 aromatic heterocycles. The van der Waals surface area contributed by atoms with E-state index in [0.29, 0.717) is 17.2 Å². The van der Waals surface area contributed by atoms with Gasteiger partial charge in [-0.1, -0.05) is 0 Å². The molecule has 0 saturated carbocycles. The number of anilines is 1. The highest BCUT2D eigenvalue weighted by atomic mass is 32.2. The van der Waals surface area contributed by atoms with Gasteiger partial charge in [-0.15, -0.1) is 0 Å². The molecule has 0 aliphatic carbocycles. The fourth-order valence-corrected chi connectivity index (χ4v) is 2.49. The summed E-state index contributed by atoms with van der Waals surface area (Å²) >= 11 is 0. The van der Waals surface area contributed by atoms with E-state index in [2.05, 4.69) is 0 Å². The number of carbonyl (C=O) groups excluding carboxylic acids is 1. The average Bonchev–Trinajstić information content (AvgIpc) is 2.42. The molecule has 0 N–H and O–H groups in total. The summed E-state index contributed by atoms with van der Waals surface area (Å²) in [5, 5.41) is 0. The molecule has 1 amide bonds. The maximum Gasteiger partial charge on any atom is 0.242 e. The van der Waals surface area contributed by atoms with Crippen LogP contribution in [0, 0.1) is 0 Å². The number of ether oxygens (including phenoxy) is 2. The summed E-state index contributed by atoms with van der Waals surface area (Å²) in [5.74, 6) is 0.546. The first-order chi connectivity index (χ1) is 9.70. The molecule has 0 unspecified atom stereocenters. The summed E-state index contributed by atoms with van der Waals surface area (Å²) in [6.45, 7) is -0.276. The molecule has 1 aromatic carbocycles. The van der Waals surface area contributed by atoms with Crippen molar-refractivity contribution in [2.45, 2.75) is 0 Å². The van der Waals surface area contributed by atoms with E-state index in [1.165, 1.54) is 25.2 Å². The first-order valence-corrected chi connectivity index (χ1v) is 7.95. The van der Waals surface area contributed by atoms with Crippen LogP contribution in [0.2, 0.25) is 0 Å². The van der Waals surface area contributed by atoms with Crippen molar-refractivity contribution in [1.29, 1.82) is 0 Å². The second kappa shape index (κ2) is 6.66. The van der Waals surface area contributed by atoms with Gasteiger partial charge in [0.25, 0.3) is 0 Å². The zero-order chi connectivity index (χ0) is 16.2. The van der Waals surface area contributed by atoms with Crippen LogP contribution in [0.3, 0.4) is 0 Å². The molecule has 0 spiro atoms. The van der Waals surface area contributed by atoms with E-state index in [0.717, 1.165) is 10.6 Å². The molecule has 8 heteroatoms. The van der Waals surface area contributed by atoms with E-state index in [-0.39, 0.29) is 12.5 Å². The van der Waals surface area contributed by atoms with Gasteiger partial charge in [0.2, 0.25) is 15.9 Å². The summed E-state index contributed by atoms with van der Waals surface area (Å²) in [4.78, 5) is 13.1. The molecule has 118 valence electrons. The van der Waals surface area contributed by atoms with Gasteiger partial charge in [-0.2, -0.15) is 0 Å². The lowest BCUT2D eigenvalue weighted by atomic mass is 10.2. The van der Waals surface area contributed by atoms with E-state index in [4.69, 9.17) is 9.47 Å². The minimum Gasteiger partial charge on any atom is -0.493 e. The van der Waals surface area contributed by atoms with Gasteiger partial charge in [0, 0.05) is 20.2 Å². The van der Waals surface area contributed by atoms with E-state index in [1.54, 1.807) is 26.2 Å². The first kappa shape index (κ1) is 17.1. The zero-order valence-electron chi connectivity index (χ0n) is 12.8. The number of rotatable bonds is 6. The van der Waals surface area contributed by atoms with Crippen molar-refractivity contribution >= 4 is 21.6 Å². The topological polar surface area (TPSA) is 76.2 Å². The Morgan fingerprint density at radius 3 is 2.14 bits per heavy atom. The number of nitrogens with zero attached hydrogens (tertiary/aromatic N) is 2. The Morgan fingerprint density at radius 2 is 1.71 bits per heavy atom. The predicted molar refractivity (Wildman–Crippen MR) is 80.4 cm³/mol. The van der Waals surface area contributed by atoms with Crippen molar-refractivity contribution in [2.24, 2.45) is 0 Å². The number of sulfonamides is 1. The molecule has 7 nitrogen and oxygen atoms in total. The summed E-state index contributed by atoms with van der Waals surface area (Å²) in [7, 11) is 2.48. The molecule has 0 saturated heterocycles. The maximum atomic E-state index is 11.9. The van der Waals surface area contributed by atoms with Gasteiger partial charge < -0.3 is 14.4 Å². The molecule has 0 bridgehead atoms. The molecule has 0 radical (unpaired) electrons. The number of carbonyl (C=O) groups is 1. The molecule has 0 aliphatic heterocycles. The number of methoxy groups -OCH3 is 2. The van der Waals surface area contributed by atoms with E-state index in [9.17, 15) is 13.2 Å². The molecular formula is C13H20N2O5S. The fourth-order valence-electron chi connectivity index (χ4n) is 1.64. The third kappa shape index (κ3) is 4.25. The van der Waals surface area contributed by atoms with Crippen molar-refractivity contribution < 1.29 is 22.7 Å². The van der Waals surface area contributed by atoms with Gasteiger partial charge in [-0.25, -0.2) is 8.42 Å². The maximum absolute atomic E-state index is 11.9. The SMILES string of the molecule is COc1ccc(N(CC(=O)N(C)C)S(C)(=O)=O)cc1OC. The largest absolute Gasteiger partial charge is 0.493 e. The standard InChI is InChI=1S/C13H20N2O5S/c1-14(2)13(16)9-15(21(5,17)18)10-6-7-11(19-3)12(8-10)20-4/h6-8H,9H2,1-5H3. The van der Waals surface area contributed by atoms with Crippen LogP contribution in [-0.4, -0.2) is 60.3 Å². The van der Waals surface area contributed by atoms with Gasteiger partial charge in [0.1, 0.15) is 6.54 Å². The van der Waals surface area contributed by atoms with Crippen LogP contribution in [0.15, 0.2) is 18.2 Å². The number of likely N-dealkylation sites (N-methyl/N-ethyl adjacent to an activating group) is 1. The fraction of sp³-hybridized carbons (Fsp3) is 0.462. The predicted octanol–water partition coefficient (Wildman–Crippen LogP) is 0.558. The number of amides is 1. The highest BCUT2D eigenvalue weighted by Crippen LogP contribution is 2.32. The molecule has 21 heavy (non-hydrogen) atoms. The van der Waals surface area contributed by atoms with Crippen molar-refractivity contribution in [3.8, 4) is 11.5 Å². The van der Waals surface area contributed by atoms with Crippen molar-refractivity contribution in [3.63, 3.8) is 0 Å². The minimum atomic E-state index is -3.60. The van der Waals surface area contributed by atoms with Crippen molar-refractivity contribution in [1.82, 2.24) is 4.90 Å². The Bertz CT molecular complexity index is 613. The van der Waals surface area contributed by atoms with Crippen molar-refractivity contribution in [3.05, 3.63) is 18.2 Å². The molecule has 0 aliphatic rings. The lowest BCUT2D eigenvalue weighted by Gasteiger charge is -2.24. The van der Waals surface area contributed by atoms with Crippen molar-refractivity contribution in [2.75, 3.05) is 45.4 Å². The van der Waals surface area contributed by atoms with Crippen LogP contribution in [0.1, 0.15) is 0 Å². The molecule has 0 fully saturated rings. The molecular weight excluding hydrogens is 296 g/mol. The highest BCUT2D eigenvalue weighted by molar-refractivity contribution is 7.92. The lowest BCUT2D eigenvalue weighted by molar-refractivity contribution is -0.127. The van der Waals surface area contributed by atoms with Crippen LogP contribution < -0.4 is 13.8 Å². The molecule has 1 rings (SSSR count). The Balaban J connectivity index is 3.25. The monoisotopic (exact) mass is 316 g/mol. The van der Waals surface area contributed by atoms with Gasteiger partial charge in [-0.05, 0) is 12.1 Å². The Morgan fingerprint density at radius 1 is 1.14 bits per heavy atom. The summed E-state index contributed by atoms with van der Waals surface area (Å²) in [6, 6.07) is 4.67. The average molecular weight is 316 g/mol. The zero-order valence-corrected chi connectivity index (χ0v) is 13.6. The van der Waals surface area contributed by atoms with Crippen LogP contribution in [0.4, 0.5) is 5.69 Å². The Hall–Kier alpha value is -1.96. The molecule has 0 atom stereocenters. The summed E-state index contributed by atoms with van der Waals surface area (Å²) < 4.78 is 35.1. The van der Waals surface area contributed by atoms with Gasteiger partial charge in [-0.3, -0.25) is 9.10 Å². The van der Waals surface area contributed by atoms with Gasteiger partial charge in [0.05, 0.1) is 26.2 Å². The lowest BCUT2D eigenvalue weighted by Crippen LogP contribution is -2.39.